The Bertz CT molecular complexity index is 512. The molecule has 0 aromatic heterocycles. The van der Waals surface area contributed by atoms with Crippen LogP contribution in [0.15, 0.2) is 24.3 Å². The van der Waals surface area contributed by atoms with Crippen molar-refractivity contribution in [3.05, 3.63) is 29.8 Å². The van der Waals surface area contributed by atoms with E-state index < -0.39 is 24.9 Å². The van der Waals surface area contributed by atoms with E-state index in [2.05, 4.69) is 9.64 Å². The number of morpholine rings is 1. The Hall–Kier alpha value is -1.80. The lowest BCUT2D eigenvalue weighted by molar-refractivity contribution is -0.194. The molecule has 1 atom stereocenters. The molecule has 1 heterocycles. The van der Waals surface area contributed by atoms with Crippen molar-refractivity contribution in [3.8, 4) is 0 Å². The molecular formula is C15H18F3NO4. The molecule has 0 radical (unpaired) electrons. The second-order valence-corrected chi connectivity index (χ2v) is 5.02. The van der Waals surface area contributed by atoms with E-state index in [1.165, 1.54) is 0 Å². The highest BCUT2D eigenvalue weighted by molar-refractivity contribution is 5.76. The van der Waals surface area contributed by atoms with Crippen LogP contribution in [0.1, 0.15) is 11.7 Å². The molecule has 1 aromatic rings. The number of halogens is 3. The maximum atomic E-state index is 12.3. The molecule has 0 aliphatic carbocycles. The predicted octanol–water partition coefficient (Wildman–Crippen LogP) is 2.32. The number of esters is 1. The fourth-order valence-electron chi connectivity index (χ4n) is 2.27. The molecule has 128 valence electrons. The van der Waals surface area contributed by atoms with Gasteiger partial charge < -0.3 is 19.1 Å². The van der Waals surface area contributed by atoms with E-state index in [1.54, 1.807) is 24.3 Å². The zero-order chi connectivity index (χ0) is 16.9. The van der Waals surface area contributed by atoms with Crippen molar-refractivity contribution in [1.29, 1.82) is 0 Å². The number of anilines is 1. The molecule has 8 heteroatoms. The minimum Gasteiger partial charge on any atom is -0.467 e. The lowest BCUT2D eigenvalue weighted by atomic mass is 10.1. The summed E-state index contributed by atoms with van der Waals surface area (Å²) in [5.74, 6) is -0.867. The van der Waals surface area contributed by atoms with Crippen molar-refractivity contribution in [2.24, 2.45) is 0 Å². The number of nitrogens with zero attached hydrogens (tertiary/aromatic N) is 1. The van der Waals surface area contributed by atoms with Gasteiger partial charge in [0, 0.05) is 18.8 Å². The van der Waals surface area contributed by atoms with Crippen molar-refractivity contribution in [2.45, 2.75) is 12.3 Å². The summed E-state index contributed by atoms with van der Waals surface area (Å²) < 4.78 is 51.4. The first-order valence-corrected chi connectivity index (χ1v) is 7.09. The smallest absolute Gasteiger partial charge is 0.411 e. The Morgan fingerprint density at radius 1 is 1.26 bits per heavy atom. The molecule has 1 aliphatic heterocycles. The van der Waals surface area contributed by atoms with Gasteiger partial charge in [-0.2, -0.15) is 13.2 Å². The second-order valence-electron chi connectivity index (χ2n) is 5.02. The Kier molecular flexibility index (Phi) is 5.84. The first-order chi connectivity index (χ1) is 10.9. The van der Waals surface area contributed by atoms with E-state index in [1.807, 2.05) is 0 Å². The molecule has 0 amide bonds. The number of methoxy groups -OCH3 is 1. The highest BCUT2D eigenvalue weighted by Crippen LogP contribution is 2.26. The Morgan fingerprint density at radius 3 is 2.39 bits per heavy atom. The number of hydrogen-bond acceptors (Lipinski definition) is 5. The van der Waals surface area contributed by atoms with Gasteiger partial charge in [0.2, 0.25) is 0 Å². The molecule has 1 aliphatic rings. The van der Waals surface area contributed by atoms with Crippen molar-refractivity contribution >= 4 is 11.7 Å². The zero-order valence-corrected chi connectivity index (χ0v) is 12.6. The topological polar surface area (TPSA) is 48.0 Å². The number of ether oxygens (including phenoxy) is 3. The molecule has 0 bridgehead atoms. The normalized spacial score (nSPS) is 17.0. The third-order valence-electron chi connectivity index (χ3n) is 3.40. The standard InChI is InChI=1S/C15H18F3NO4/c1-21-14(20)13(23-10-15(16,17)18)11-2-4-12(5-3-11)19-6-8-22-9-7-19/h2-5,13H,6-10H2,1H3. The minimum atomic E-state index is -4.51. The number of rotatable bonds is 5. The van der Waals surface area contributed by atoms with Gasteiger partial charge in [0.1, 0.15) is 6.61 Å². The van der Waals surface area contributed by atoms with Crippen LogP contribution < -0.4 is 4.90 Å². The van der Waals surface area contributed by atoms with E-state index in [0.29, 0.717) is 18.8 Å². The van der Waals surface area contributed by atoms with Gasteiger partial charge in [-0.3, -0.25) is 0 Å². The van der Waals surface area contributed by atoms with Gasteiger partial charge in [-0.25, -0.2) is 4.79 Å². The van der Waals surface area contributed by atoms with Gasteiger partial charge in [-0.15, -0.1) is 0 Å². The summed E-state index contributed by atoms with van der Waals surface area (Å²) in [6, 6.07) is 6.63. The molecule has 1 fully saturated rings. The highest BCUT2D eigenvalue weighted by atomic mass is 19.4. The van der Waals surface area contributed by atoms with E-state index in [-0.39, 0.29) is 0 Å². The first-order valence-electron chi connectivity index (χ1n) is 7.09. The van der Waals surface area contributed by atoms with Gasteiger partial charge in [-0.05, 0) is 17.7 Å². The van der Waals surface area contributed by atoms with Crippen LogP contribution in [0.5, 0.6) is 0 Å². The fraction of sp³-hybridized carbons (Fsp3) is 0.533. The maximum Gasteiger partial charge on any atom is 0.411 e. The van der Waals surface area contributed by atoms with E-state index in [9.17, 15) is 18.0 Å². The van der Waals surface area contributed by atoms with Crippen LogP contribution >= 0.6 is 0 Å². The summed E-state index contributed by atoms with van der Waals surface area (Å²) >= 11 is 0. The third-order valence-corrected chi connectivity index (χ3v) is 3.40. The van der Waals surface area contributed by atoms with Gasteiger partial charge in [0.05, 0.1) is 20.3 Å². The maximum absolute atomic E-state index is 12.3. The van der Waals surface area contributed by atoms with Crippen LogP contribution in [-0.2, 0) is 19.0 Å². The fourth-order valence-corrected chi connectivity index (χ4v) is 2.27. The van der Waals surface area contributed by atoms with Crippen molar-refractivity contribution in [3.63, 3.8) is 0 Å². The lowest BCUT2D eigenvalue weighted by Crippen LogP contribution is -2.36. The largest absolute Gasteiger partial charge is 0.467 e. The molecule has 0 N–H and O–H groups in total. The van der Waals surface area contributed by atoms with Crippen LogP contribution in [0.2, 0.25) is 0 Å². The van der Waals surface area contributed by atoms with Crippen molar-refractivity contribution in [1.82, 2.24) is 0 Å². The highest BCUT2D eigenvalue weighted by Gasteiger charge is 2.32. The van der Waals surface area contributed by atoms with E-state index in [0.717, 1.165) is 25.9 Å². The third kappa shape index (κ3) is 5.11. The molecule has 1 aromatic carbocycles. The van der Waals surface area contributed by atoms with Gasteiger partial charge in [-0.1, -0.05) is 12.1 Å². The molecule has 1 saturated heterocycles. The van der Waals surface area contributed by atoms with E-state index >= 15 is 0 Å². The van der Waals surface area contributed by atoms with Crippen LogP contribution in [0, 0.1) is 0 Å². The number of hydrogen-bond donors (Lipinski definition) is 0. The predicted molar refractivity (Wildman–Crippen MR) is 76.2 cm³/mol. The van der Waals surface area contributed by atoms with Crippen molar-refractivity contribution < 1.29 is 32.2 Å². The summed E-state index contributed by atoms with van der Waals surface area (Å²) in [6.45, 7) is 1.22. The van der Waals surface area contributed by atoms with Crippen molar-refractivity contribution in [2.75, 3.05) is 44.9 Å². The number of alkyl halides is 3. The second kappa shape index (κ2) is 7.65. The lowest BCUT2D eigenvalue weighted by Gasteiger charge is -2.29. The minimum absolute atomic E-state index is 0.318. The molecule has 1 unspecified atom stereocenters. The van der Waals surface area contributed by atoms with Crippen LogP contribution in [0.4, 0.5) is 18.9 Å². The summed E-state index contributed by atoms with van der Waals surface area (Å²) in [4.78, 5) is 13.8. The van der Waals surface area contributed by atoms with Crippen LogP contribution in [0.3, 0.4) is 0 Å². The molecular weight excluding hydrogens is 315 g/mol. The first kappa shape index (κ1) is 17.6. The van der Waals surface area contributed by atoms with E-state index in [4.69, 9.17) is 9.47 Å². The zero-order valence-electron chi connectivity index (χ0n) is 12.6. The molecule has 0 spiro atoms. The number of carbonyl (C=O) groups is 1. The molecule has 23 heavy (non-hydrogen) atoms. The number of benzene rings is 1. The van der Waals surface area contributed by atoms with Crippen LogP contribution in [0.25, 0.3) is 0 Å². The Balaban J connectivity index is 2.10. The van der Waals surface area contributed by atoms with Crippen LogP contribution in [-0.4, -0.2) is 52.2 Å². The molecule has 2 rings (SSSR count). The van der Waals surface area contributed by atoms with Gasteiger partial charge in [0.25, 0.3) is 0 Å². The summed E-state index contributed by atoms with van der Waals surface area (Å²) in [7, 11) is 1.11. The molecule has 0 saturated carbocycles. The summed E-state index contributed by atoms with van der Waals surface area (Å²) in [5.41, 5.74) is 1.23. The Morgan fingerprint density at radius 2 is 1.87 bits per heavy atom. The average Bonchev–Trinajstić information content (AvgIpc) is 2.55. The average molecular weight is 333 g/mol. The number of carbonyl (C=O) groups excluding carboxylic acids is 1. The molecule has 5 nitrogen and oxygen atoms in total. The quantitative estimate of drug-likeness (QED) is 0.774. The Labute approximate surface area is 131 Å². The summed E-state index contributed by atoms with van der Waals surface area (Å²) in [6.07, 6.45) is -5.92. The van der Waals surface area contributed by atoms with Gasteiger partial charge in [0.15, 0.2) is 6.10 Å². The monoisotopic (exact) mass is 333 g/mol. The SMILES string of the molecule is COC(=O)C(OCC(F)(F)F)c1ccc(N2CCOCC2)cc1. The summed E-state index contributed by atoms with van der Waals surface area (Å²) in [5, 5.41) is 0. The van der Waals surface area contributed by atoms with Gasteiger partial charge >= 0.3 is 12.1 Å².